The third-order valence-corrected chi connectivity index (χ3v) is 7.79. The van der Waals surface area contributed by atoms with E-state index < -0.39 is 28.4 Å². The van der Waals surface area contributed by atoms with Crippen LogP contribution in [0.4, 0.5) is 4.20 Å². The molecule has 1 aliphatic rings. The molecule has 6 nitrogen and oxygen atoms in total. The Kier molecular flexibility index (Phi) is 19.7. The quantitative estimate of drug-likeness (QED) is 0.111. The molecule has 1 unspecified atom stereocenters. The Balaban J connectivity index is 0.00000169. The van der Waals surface area contributed by atoms with Crippen LogP contribution in [0.3, 0.4) is 0 Å². The molecule has 0 N–H and O–H groups in total. The van der Waals surface area contributed by atoms with Gasteiger partial charge in [-0.05, 0) is 84.4 Å². The van der Waals surface area contributed by atoms with Crippen LogP contribution >= 0.6 is 7.67 Å². The van der Waals surface area contributed by atoms with Gasteiger partial charge in [-0.3, -0.25) is 0 Å². The topological polar surface area (TPSA) is 108 Å². The van der Waals surface area contributed by atoms with Gasteiger partial charge in [0.05, 0.1) is 10.1 Å². The van der Waals surface area contributed by atoms with Crippen molar-refractivity contribution in [1.29, 1.82) is 0 Å². The molecule has 0 heterocycles. The molecule has 0 radical (unpaired) electrons. The smallest absolute Gasteiger partial charge is 0.748 e. The molecule has 3 aromatic rings. The minimum atomic E-state index is -4.19. The summed E-state index contributed by atoms with van der Waals surface area (Å²) in [6, 6.07) is 22.1. The Hall–Kier alpha value is -0.360. The average Bonchev–Trinajstić information content (AvgIpc) is 3.14. The number of hydrogen-bond acceptors (Lipinski definition) is 7. The zero-order valence-electron chi connectivity index (χ0n) is 24.4. The molecule has 42 heavy (non-hydrogen) atoms. The fourth-order valence-electron chi connectivity index (χ4n) is 5.33. The maximum atomic E-state index is 11.2. The van der Waals surface area contributed by atoms with E-state index in [0.717, 1.165) is 25.7 Å². The minimum absolute atomic E-state index is 0. The molecule has 0 saturated carbocycles. The Morgan fingerprint density at radius 2 is 1.29 bits per heavy atom. The Morgan fingerprint density at radius 1 is 0.833 bits per heavy atom. The summed E-state index contributed by atoms with van der Waals surface area (Å²) >= 11 is 3.70. The summed E-state index contributed by atoms with van der Waals surface area (Å²) in [5, 5.41) is 0. The van der Waals surface area contributed by atoms with E-state index in [1.807, 2.05) is 0 Å². The fourth-order valence-corrected chi connectivity index (χ4v) is 5.89. The molecular formula is C29H32FNa2O6PS3. The second-order valence-corrected chi connectivity index (χ2v) is 12.2. The zero-order chi connectivity index (χ0) is 29.9. The number of benzene rings is 3. The summed E-state index contributed by atoms with van der Waals surface area (Å²) in [6.45, 7) is 8.31. The maximum absolute atomic E-state index is 11.2. The number of rotatable bonds is 9. The molecule has 216 valence electrons. The van der Waals surface area contributed by atoms with Gasteiger partial charge in [0.25, 0.3) is 0 Å². The van der Waals surface area contributed by atoms with Gasteiger partial charge >= 0.3 is 69.7 Å². The average molecular weight is 669 g/mol. The Morgan fingerprint density at radius 3 is 1.81 bits per heavy atom. The van der Waals surface area contributed by atoms with Crippen LogP contribution in [0.15, 0.2) is 60.7 Å². The van der Waals surface area contributed by atoms with Crippen LogP contribution in [0, 0.1) is 20.8 Å². The second-order valence-electron chi connectivity index (χ2n) is 9.71. The predicted molar refractivity (Wildman–Crippen MR) is 160 cm³/mol. The van der Waals surface area contributed by atoms with Gasteiger partial charge in [-0.25, -0.2) is 8.42 Å². The summed E-state index contributed by atoms with van der Waals surface area (Å²) in [5.41, 5.74) is 9.84. The number of fused-ring (bicyclic) bond motifs is 3. The zero-order valence-corrected chi connectivity index (χ0v) is 31.8. The second kappa shape index (κ2) is 19.9. The van der Waals surface area contributed by atoms with Crippen molar-refractivity contribution >= 4 is 40.2 Å². The van der Waals surface area contributed by atoms with E-state index in [1.165, 1.54) is 44.5 Å². The summed E-state index contributed by atoms with van der Waals surface area (Å²) in [6.07, 6.45) is 4.71. The molecule has 0 bridgehead atoms. The molecule has 0 aromatic heterocycles. The van der Waals surface area contributed by atoms with Crippen molar-refractivity contribution in [3.8, 4) is 22.3 Å². The number of aryl methyl sites for hydroxylation is 2. The molecule has 3 aromatic carbocycles. The van der Waals surface area contributed by atoms with Crippen LogP contribution in [0.25, 0.3) is 22.3 Å². The van der Waals surface area contributed by atoms with Crippen LogP contribution in [0.1, 0.15) is 60.8 Å². The van der Waals surface area contributed by atoms with Crippen molar-refractivity contribution < 1.29 is 88.9 Å². The van der Waals surface area contributed by atoms with Gasteiger partial charge in [0, 0.05) is 11.2 Å². The van der Waals surface area contributed by atoms with E-state index in [9.17, 15) is 17.2 Å². The van der Waals surface area contributed by atoms with E-state index in [-0.39, 0.29) is 70.3 Å². The Bertz CT molecular complexity index is 1530. The van der Waals surface area contributed by atoms with Gasteiger partial charge < -0.3 is 11.5 Å². The maximum Gasteiger partial charge on any atom is 1.00 e. The van der Waals surface area contributed by atoms with Gasteiger partial charge in [0.2, 0.25) is 0 Å². The molecule has 1 atom stereocenters. The van der Waals surface area contributed by atoms with Crippen LogP contribution in [-0.2, 0) is 37.9 Å². The minimum Gasteiger partial charge on any atom is -0.748 e. The molecule has 13 heteroatoms. The third kappa shape index (κ3) is 12.2. The van der Waals surface area contributed by atoms with E-state index in [1.54, 1.807) is 0 Å². The van der Waals surface area contributed by atoms with Crippen molar-refractivity contribution in [1.82, 2.24) is 0 Å². The normalized spacial score (nSPS) is 14.5. The molecule has 0 spiro atoms. The standard InChI is InChI=1S/C29H33O3S.FPS.2Na.O3S/c1-4-5-16-29(17-6-7-18-33(30,31)32)27-19-22(3)10-14-25(27)26-15-13-24(20-28(26)29)23-11-8-21(2)9-12-23;1-2-3;;;1-4(2)3/h8-15,19-20H,1,4-7,16-18H2,2-3H3,(H,30,31,32);;;;/q-1;;2*+1;/p-1. The Labute approximate surface area is 301 Å². The van der Waals surface area contributed by atoms with Crippen molar-refractivity contribution in [3.05, 3.63) is 89.8 Å². The van der Waals surface area contributed by atoms with E-state index >= 15 is 0 Å². The number of hydrogen-bond donors (Lipinski definition) is 0. The van der Waals surface area contributed by atoms with Crippen molar-refractivity contribution in [3.63, 3.8) is 0 Å². The van der Waals surface area contributed by atoms with Crippen LogP contribution < -0.4 is 59.1 Å². The van der Waals surface area contributed by atoms with Crippen molar-refractivity contribution in [2.45, 2.75) is 57.8 Å². The monoisotopic (exact) mass is 668 g/mol. The summed E-state index contributed by atoms with van der Waals surface area (Å²) in [4.78, 5) is 0. The van der Waals surface area contributed by atoms with Gasteiger partial charge in [-0.1, -0.05) is 78.6 Å². The van der Waals surface area contributed by atoms with Gasteiger partial charge in [-0.2, -0.15) is 10.6 Å². The van der Waals surface area contributed by atoms with E-state index in [0.29, 0.717) is 12.8 Å². The van der Waals surface area contributed by atoms with E-state index in [2.05, 4.69) is 93.2 Å². The SMILES string of the molecule is FP=S.O=S(=O)=O.[CH2-]CCCC1(CCCCS(=O)(=O)[O-])c2cc(C)ccc2-c2ccc(-c3ccc(C)cc3)cc21.[Na+].[Na+]. The fraction of sp³-hybridized carbons (Fsp3) is 0.345. The molecule has 0 saturated heterocycles. The molecule has 0 aliphatic heterocycles. The van der Waals surface area contributed by atoms with E-state index in [4.69, 9.17) is 12.6 Å². The summed E-state index contributed by atoms with van der Waals surface area (Å²) < 4.78 is 69.0. The molecule has 4 rings (SSSR count). The van der Waals surface area contributed by atoms with Crippen LogP contribution in [0.5, 0.6) is 0 Å². The first kappa shape index (κ1) is 41.6. The molecule has 0 amide bonds. The van der Waals surface area contributed by atoms with Gasteiger partial charge in [-0.15, -0.1) is 12.6 Å². The van der Waals surface area contributed by atoms with Gasteiger partial charge in [0.15, 0.2) is 7.67 Å². The predicted octanol–water partition coefficient (Wildman–Crippen LogP) is 1.24. The first-order valence-electron chi connectivity index (χ1n) is 12.6. The molecule has 0 fully saturated rings. The van der Waals surface area contributed by atoms with Crippen LogP contribution in [-0.4, -0.2) is 31.4 Å². The molecular weight excluding hydrogens is 636 g/mol. The third-order valence-electron chi connectivity index (χ3n) is 7.00. The molecule has 1 aliphatic carbocycles. The van der Waals surface area contributed by atoms with Crippen molar-refractivity contribution in [2.24, 2.45) is 0 Å². The van der Waals surface area contributed by atoms with Gasteiger partial charge in [0.1, 0.15) is 0 Å². The number of unbranched alkanes of at least 4 members (excludes halogenated alkanes) is 2. The first-order valence-corrected chi connectivity index (χ1v) is 17.0. The first-order chi connectivity index (χ1) is 18.9. The van der Waals surface area contributed by atoms with Crippen LogP contribution in [0.2, 0.25) is 0 Å². The largest absolute Gasteiger partial charge is 1.00 e. The summed E-state index contributed by atoms with van der Waals surface area (Å²) in [7, 11) is -7.80. The number of halogens is 1. The van der Waals surface area contributed by atoms with Crippen molar-refractivity contribution in [2.75, 3.05) is 5.75 Å². The summed E-state index contributed by atoms with van der Waals surface area (Å²) in [5.74, 6) is -0.296.